The monoisotopic (exact) mass is 355 g/mol. The third-order valence-corrected chi connectivity index (χ3v) is 4.66. The Hall–Kier alpha value is -3.27. The summed E-state index contributed by atoms with van der Waals surface area (Å²) in [7, 11) is 0. The van der Waals surface area contributed by atoms with Crippen LogP contribution in [0.4, 0.5) is 0 Å². The normalized spacial score (nSPS) is 15.9. The van der Waals surface area contributed by atoms with Gasteiger partial charge in [-0.2, -0.15) is 0 Å². The molecule has 0 bridgehead atoms. The van der Waals surface area contributed by atoms with Gasteiger partial charge in [0.25, 0.3) is 0 Å². The third kappa shape index (κ3) is 4.29. The fourth-order valence-corrected chi connectivity index (χ4v) is 3.29. The topological polar surface area (TPSA) is 54.4 Å². The van der Waals surface area contributed by atoms with Gasteiger partial charge in [0.05, 0.1) is 19.0 Å². The number of ketones is 1. The Balaban J connectivity index is 1.41. The van der Waals surface area contributed by atoms with E-state index in [2.05, 4.69) is 39.6 Å². The van der Waals surface area contributed by atoms with Crippen LogP contribution >= 0.6 is 0 Å². The number of nitrogens with one attached hydrogen (secondary N) is 1. The van der Waals surface area contributed by atoms with Gasteiger partial charge in [-0.15, -0.1) is 0 Å². The van der Waals surface area contributed by atoms with Crippen LogP contribution in [0, 0.1) is 0 Å². The molecule has 0 spiro atoms. The van der Waals surface area contributed by atoms with Crippen molar-refractivity contribution >= 4 is 11.6 Å². The van der Waals surface area contributed by atoms with Gasteiger partial charge in [0, 0.05) is 23.0 Å². The summed E-state index contributed by atoms with van der Waals surface area (Å²) < 4.78 is 0. The zero-order valence-electron chi connectivity index (χ0n) is 15.0. The number of carbonyl (C=O) groups excluding carboxylic acids is 1. The first-order valence-electron chi connectivity index (χ1n) is 9.16. The molecule has 3 aromatic rings. The van der Waals surface area contributed by atoms with E-state index in [9.17, 15) is 4.79 Å². The number of carbonyl (C=O) groups is 1. The van der Waals surface area contributed by atoms with Gasteiger partial charge in [0.1, 0.15) is 5.84 Å². The second kappa shape index (κ2) is 7.96. The smallest absolute Gasteiger partial charge is 0.168 e. The number of amidine groups is 1. The number of Topliss-reactive ketones (excluding diaryl/α,β-unsaturated/α-hetero) is 1. The van der Waals surface area contributed by atoms with Crippen LogP contribution in [0.25, 0.3) is 0 Å². The first kappa shape index (κ1) is 17.2. The molecule has 2 heterocycles. The number of nitrogens with zero attached hydrogens (tertiary/aromatic N) is 2. The lowest BCUT2D eigenvalue weighted by Crippen LogP contribution is -2.32. The molecule has 4 nitrogen and oxygen atoms in total. The SMILES string of the molecule is O=C(Cc1cc(C2=NCC(Cc3ccccc3)N2)ccn1)c1ccccc1. The van der Waals surface area contributed by atoms with Crippen molar-refractivity contribution in [2.75, 3.05) is 6.54 Å². The third-order valence-electron chi connectivity index (χ3n) is 4.66. The number of rotatable bonds is 6. The molecule has 2 aromatic carbocycles. The molecule has 1 aliphatic heterocycles. The zero-order valence-corrected chi connectivity index (χ0v) is 15.0. The lowest BCUT2D eigenvalue weighted by atomic mass is 10.0. The van der Waals surface area contributed by atoms with Crippen LogP contribution in [-0.4, -0.2) is 29.2 Å². The molecule has 1 unspecified atom stereocenters. The molecular weight excluding hydrogens is 334 g/mol. The van der Waals surface area contributed by atoms with Crippen molar-refractivity contribution < 1.29 is 4.79 Å². The largest absolute Gasteiger partial charge is 0.365 e. The molecule has 1 N–H and O–H groups in total. The summed E-state index contributed by atoms with van der Waals surface area (Å²) in [6, 6.07) is 24.0. The Labute approximate surface area is 159 Å². The number of benzene rings is 2. The Kier molecular flexibility index (Phi) is 5.06. The predicted octanol–water partition coefficient (Wildman–Crippen LogP) is 3.47. The molecule has 1 aliphatic rings. The number of hydrogen-bond donors (Lipinski definition) is 1. The van der Waals surface area contributed by atoms with Gasteiger partial charge in [-0.3, -0.25) is 14.8 Å². The standard InChI is InChI=1S/C23H21N3O/c27-22(18-9-5-2-6-10-18)15-20-14-19(11-12-24-20)23-25-16-21(26-23)13-17-7-3-1-4-8-17/h1-12,14,21H,13,15-16H2,(H,25,26). The van der Waals surface area contributed by atoms with Gasteiger partial charge in [-0.25, -0.2) is 0 Å². The first-order valence-corrected chi connectivity index (χ1v) is 9.16. The summed E-state index contributed by atoms with van der Waals surface area (Å²) in [5, 5.41) is 3.51. The van der Waals surface area contributed by atoms with Crippen molar-refractivity contribution in [2.45, 2.75) is 18.9 Å². The van der Waals surface area contributed by atoms with Crippen molar-refractivity contribution in [3.05, 3.63) is 101 Å². The number of hydrogen-bond acceptors (Lipinski definition) is 4. The molecule has 1 atom stereocenters. The van der Waals surface area contributed by atoms with Gasteiger partial charge in [-0.05, 0) is 24.1 Å². The van der Waals surface area contributed by atoms with E-state index in [4.69, 9.17) is 0 Å². The zero-order chi connectivity index (χ0) is 18.5. The Morgan fingerprint density at radius 2 is 1.74 bits per heavy atom. The Morgan fingerprint density at radius 1 is 1.00 bits per heavy atom. The van der Waals surface area contributed by atoms with Gasteiger partial charge in [0.2, 0.25) is 0 Å². The highest BCUT2D eigenvalue weighted by Crippen LogP contribution is 2.13. The fourth-order valence-electron chi connectivity index (χ4n) is 3.29. The van der Waals surface area contributed by atoms with E-state index in [1.54, 1.807) is 6.20 Å². The maximum absolute atomic E-state index is 12.4. The fraction of sp³-hybridized carbons (Fsp3) is 0.174. The molecular formula is C23H21N3O. The van der Waals surface area contributed by atoms with Crippen molar-refractivity contribution in [1.82, 2.24) is 10.3 Å². The van der Waals surface area contributed by atoms with Crippen LogP contribution in [-0.2, 0) is 12.8 Å². The molecule has 4 heteroatoms. The van der Waals surface area contributed by atoms with Crippen LogP contribution < -0.4 is 5.32 Å². The molecule has 0 saturated carbocycles. The van der Waals surface area contributed by atoms with Crippen molar-refractivity contribution in [3.8, 4) is 0 Å². The molecule has 0 fully saturated rings. The van der Waals surface area contributed by atoms with Crippen molar-refractivity contribution in [2.24, 2.45) is 4.99 Å². The number of aliphatic imine (C=N–C) groups is 1. The van der Waals surface area contributed by atoms with E-state index < -0.39 is 0 Å². The second-order valence-electron chi connectivity index (χ2n) is 6.72. The maximum atomic E-state index is 12.4. The van der Waals surface area contributed by atoms with Gasteiger partial charge in [-0.1, -0.05) is 60.7 Å². The molecule has 4 rings (SSSR count). The summed E-state index contributed by atoms with van der Waals surface area (Å²) in [4.78, 5) is 21.4. The average Bonchev–Trinajstić information content (AvgIpc) is 3.18. The van der Waals surface area contributed by atoms with Crippen LogP contribution in [0.15, 0.2) is 84.0 Å². The lowest BCUT2D eigenvalue weighted by Gasteiger charge is -2.12. The molecule has 1 aromatic heterocycles. The van der Waals surface area contributed by atoms with E-state index in [-0.39, 0.29) is 5.78 Å². The second-order valence-corrected chi connectivity index (χ2v) is 6.72. The quantitative estimate of drug-likeness (QED) is 0.689. The highest BCUT2D eigenvalue weighted by molar-refractivity contribution is 6.01. The summed E-state index contributed by atoms with van der Waals surface area (Å²) in [6.07, 6.45) is 2.98. The molecule has 0 aliphatic carbocycles. The van der Waals surface area contributed by atoms with E-state index >= 15 is 0 Å². The van der Waals surface area contributed by atoms with Crippen LogP contribution in [0.3, 0.4) is 0 Å². The first-order chi connectivity index (χ1) is 13.3. The average molecular weight is 355 g/mol. The van der Waals surface area contributed by atoms with E-state index in [0.717, 1.165) is 30.1 Å². The molecule has 0 amide bonds. The number of aromatic nitrogens is 1. The highest BCUT2D eigenvalue weighted by Gasteiger charge is 2.19. The van der Waals surface area contributed by atoms with Crippen molar-refractivity contribution in [1.29, 1.82) is 0 Å². The minimum atomic E-state index is 0.0727. The predicted molar refractivity (Wildman–Crippen MR) is 107 cm³/mol. The van der Waals surface area contributed by atoms with E-state index in [0.29, 0.717) is 18.0 Å². The molecule has 134 valence electrons. The molecule has 27 heavy (non-hydrogen) atoms. The summed E-state index contributed by atoms with van der Waals surface area (Å²) in [5.74, 6) is 0.954. The summed E-state index contributed by atoms with van der Waals surface area (Å²) in [5.41, 5.74) is 3.76. The molecule has 0 radical (unpaired) electrons. The summed E-state index contributed by atoms with van der Waals surface area (Å²) in [6.45, 7) is 0.755. The van der Waals surface area contributed by atoms with Gasteiger partial charge in [0.15, 0.2) is 5.78 Å². The van der Waals surface area contributed by atoms with Crippen LogP contribution in [0.1, 0.15) is 27.2 Å². The minimum Gasteiger partial charge on any atom is -0.365 e. The van der Waals surface area contributed by atoms with Crippen molar-refractivity contribution in [3.63, 3.8) is 0 Å². The number of pyridine rings is 1. The maximum Gasteiger partial charge on any atom is 0.168 e. The highest BCUT2D eigenvalue weighted by atomic mass is 16.1. The molecule has 0 saturated heterocycles. The van der Waals surface area contributed by atoms with E-state index in [1.807, 2.05) is 48.5 Å². The Bertz CT molecular complexity index is 952. The van der Waals surface area contributed by atoms with Gasteiger partial charge < -0.3 is 5.32 Å². The summed E-state index contributed by atoms with van der Waals surface area (Å²) >= 11 is 0. The van der Waals surface area contributed by atoms with Crippen LogP contribution in [0.2, 0.25) is 0 Å². The van der Waals surface area contributed by atoms with Gasteiger partial charge >= 0.3 is 0 Å². The van der Waals surface area contributed by atoms with Crippen LogP contribution in [0.5, 0.6) is 0 Å². The Morgan fingerprint density at radius 3 is 2.52 bits per heavy atom. The van der Waals surface area contributed by atoms with E-state index in [1.165, 1.54) is 5.56 Å². The lowest BCUT2D eigenvalue weighted by molar-refractivity contribution is 0.0992. The minimum absolute atomic E-state index is 0.0727.